The number of hydrogen-bond acceptors (Lipinski definition) is 6. The average molecular weight is 279 g/mol. The van der Waals surface area contributed by atoms with Gasteiger partial charge in [-0.15, -0.1) is 0 Å². The Hall–Kier alpha value is -2.72. The lowest BCUT2D eigenvalue weighted by molar-refractivity contribution is 0.575. The van der Waals surface area contributed by atoms with Crippen LogP contribution in [0.4, 0.5) is 5.95 Å². The molecule has 0 amide bonds. The van der Waals surface area contributed by atoms with E-state index < -0.39 is 0 Å². The number of anilines is 1. The molecule has 1 aromatic carbocycles. The Morgan fingerprint density at radius 3 is 2.90 bits per heavy atom. The first-order valence-corrected chi connectivity index (χ1v) is 6.86. The molecule has 104 valence electrons. The van der Waals surface area contributed by atoms with Crippen molar-refractivity contribution < 1.29 is 0 Å². The van der Waals surface area contributed by atoms with Crippen LogP contribution in [0.5, 0.6) is 0 Å². The molecule has 0 atom stereocenters. The third-order valence-electron chi connectivity index (χ3n) is 3.72. The van der Waals surface area contributed by atoms with Crippen molar-refractivity contribution in [3.05, 3.63) is 30.1 Å². The summed E-state index contributed by atoms with van der Waals surface area (Å²) in [6.07, 6.45) is 1.53. The normalized spacial score (nSPS) is 15.5. The van der Waals surface area contributed by atoms with E-state index in [1.807, 2.05) is 12.1 Å². The first kappa shape index (κ1) is 12.1. The first-order valence-electron chi connectivity index (χ1n) is 6.86. The molecule has 1 N–H and O–H groups in total. The Balaban J connectivity index is 1.98. The summed E-state index contributed by atoms with van der Waals surface area (Å²) in [4.78, 5) is 11.3. The van der Waals surface area contributed by atoms with Gasteiger partial charge in [0.1, 0.15) is 6.33 Å². The van der Waals surface area contributed by atoms with Crippen molar-refractivity contribution in [2.75, 3.05) is 31.1 Å². The maximum absolute atomic E-state index is 9.05. The molecule has 0 radical (unpaired) electrons. The second-order valence-electron chi connectivity index (χ2n) is 4.99. The van der Waals surface area contributed by atoms with Crippen molar-refractivity contribution in [2.24, 2.45) is 0 Å². The minimum Gasteiger partial charge on any atom is -0.338 e. The van der Waals surface area contributed by atoms with E-state index in [-0.39, 0.29) is 0 Å². The zero-order valence-corrected chi connectivity index (χ0v) is 11.3. The summed E-state index contributed by atoms with van der Waals surface area (Å²) in [5.74, 6) is 0.807. The second-order valence-corrected chi connectivity index (χ2v) is 4.99. The Morgan fingerprint density at radius 2 is 2.10 bits per heavy atom. The number of nitrogens with zero attached hydrogens (tertiary/aromatic N) is 6. The van der Waals surface area contributed by atoms with E-state index in [9.17, 15) is 0 Å². The summed E-state index contributed by atoms with van der Waals surface area (Å²) in [5, 5.41) is 17.5. The molecule has 0 saturated carbocycles. The average Bonchev–Trinajstić information content (AvgIpc) is 3.04. The number of benzene rings is 1. The van der Waals surface area contributed by atoms with Crippen molar-refractivity contribution in [2.45, 2.75) is 0 Å². The van der Waals surface area contributed by atoms with Crippen LogP contribution < -0.4 is 10.2 Å². The van der Waals surface area contributed by atoms with Gasteiger partial charge in [0.15, 0.2) is 5.65 Å². The van der Waals surface area contributed by atoms with Crippen molar-refractivity contribution >= 4 is 22.5 Å². The fourth-order valence-electron chi connectivity index (χ4n) is 2.68. The maximum atomic E-state index is 9.05. The van der Waals surface area contributed by atoms with Crippen LogP contribution in [0, 0.1) is 11.3 Å². The minimum absolute atomic E-state index is 0.601. The van der Waals surface area contributed by atoms with Crippen LogP contribution in [0.1, 0.15) is 5.56 Å². The fraction of sp³-hybridized carbons (Fsp3) is 0.286. The van der Waals surface area contributed by atoms with Gasteiger partial charge in [-0.2, -0.15) is 14.9 Å². The molecular formula is C14H13N7. The first-order chi connectivity index (χ1) is 10.4. The van der Waals surface area contributed by atoms with E-state index in [1.165, 1.54) is 6.33 Å². The molecule has 0 aliphatic carbocycles. The molecule has 3 aromatic rings. The molecule has 0 bridgehead atoms. The Labute approximate surface area is 120 Å². The van der Waals surface area contributed by atoms with Gasteiger partial charge in [-0.3, -0.25) is 0 Å². The van der Waals surface area contributed by atoms with Gasteiger partial charge in [0.2, 0.25) is 5.95 Å². The summed E-state index contributed by atoms with van der Waals surface area (Å²) in [7, 11) is 0. The second kappa shape index (κ2) is 4.68. The number of fused-ring (bicyclic) bond motifs is 3. The quantitative estimate of drug-likeness (QED) is 0.701. The Bertz CT molecular complexity index is 855. The Morgan fingerprint density at radius 1 is 1.24 bits per heavy atom. The molecule has 7 heteroatoms. The third kappa shape index (κ3) is 1.88. The molecule has 1 saturated heterocycles. The summed E-state index contributed by atoms with van der Waals surface area (Å²) in [6.45, 7) is 3.65. The highest BCUT2D eigenvalue weighted by Gasteiger charge is 2.18. The van der Waals surface area contributed by atoms with Crippen molar-refractivity contribution in [1.82, 2.24) is 24.9 Å². The maximum Gasteiger partial charge on any atom is 0.229 e. The van der Waals surface area contributed by atoms with Gasteiger partial charge in [-0.05, 0) is 18.2 Å². The van der Waals surface area contributed by atoms with E-state index >= 15 is 0 Å². The topological polar surface area (TPSA) is 82.1 Å². The van der Waals surface area contributed by atoms with E-state index in [4.69, 9.17) is 10.2 Å². The molecule has 0 unspecified atom stereocenters. The van der Waals surface area contributed by atoms with Crippen LogP contribution in [0.2, 0.25) is 0 Å². The molecule has 21 heavy (non-hydrogen) atoms. The summed E-state index contributed by atoms with van der Waals surface area (Å²) in [5.41, 5.74) is 2.18. The van der Waals surface area contributed by atoms with E-state index in [0.717, 1.165) is 48.7 Å². The van der Waals surface area contributed by atoms with Crippen molar-refractivity contribution in [1.29, 1.82) is 5.26 Å². The van der Waals surface area contributed by atoms with Gasteiger partial charge in [0, 0.05) is 31.6 Å². The van der Waals surface area contributed by atoms with E-state index in [2.05, 4.69) is 26.4 Å². The molecule has 0 spiro atoms. The summed E-state index contributed by atoms with van der Waals surface area (Å²) < 4.78 is 1.76. The Kier molecular flexibility index (Phi) is 2.69. The van der Waals surface area contributed by atoms with Crippen molar-refractivity contribution in [3.63, 3.8) is 0 Å². The standard InChI is InChI=1S/C14H13N7/c15-8-10-1-2-12-11(7-10)13-17-9-18-21(13)14(19-12)20-5-3-16-4-6-20/h1-2,7,9,16H,3-6H2. The van der Waals surface area contributed by atoms with Crippen LogP contribution in [0.25, 0.3) is 16.6 Å². The minimum atomic E-state index is 0.601. The SMILES string of the molecule is N#Cc1ccc2nc(N3CCNCC3)n3ncnc3c2c1. The lowest BCUT2D eigenvalue weighted by atomic mass is 10.1. The zero-order chi connectivity index (χ0) is 14.2. The van der Waals surface area contributed by atoms with Gasteiger partial charge in [0.25, 0.3) is 0 Å². The molecule has 2 aromatic heterocycles. The largest absolute Gasteiger partial charge is 0.338 e. The monoisotopic (exact) mass is 279 g/mol. The molecular weight excluding hydrogens is 266 g/mol. The van der Waals surface area contributed by atoms with Gasteiger partial charge < -0.3 is 10.2 Å². The van der Waals surface area contributed by atoms with Crippen LogP contribution in [-0.2, 0) is 0 Å². The van der Waals surface area contributed by atoms with Gasteiger partial charge in [0.05, 0.1) is 17.1 Å². The lowest BCUT2D eigenvalue weighted by Gasteiger charge is -2.28. The van der Waals surface area contributed by atoms with Crippen LogP contribution in [0.3, 0.4) is 0 Å². The van der Waals surface area contributed by atoms with Gasteiger partial charge in [-0.1, -0.05) is 0 Å². The predicted molar refractivity (Wildman–Crippen MR) is 78.1 cm³/mol. The highest BCUT2D eigenvalue weighted by atomic mass is 15.4. The zero-order valence-electron chi connectivity index (χ0n) is 11.3. The highest BCUT2D eigenvalue weighted by Crippen LogP contribution is 2.23. The van der Waals surface area contributed by atoms with Crippen LogP contribution in [-0.4, -0.2) is 45.8 Å². The predicted octanol–water partition coefficient (Wildman–Crippen LogP) is 0.559. The summed E-state index contributed by atoms with van der Waals surface area (Å²) >= 11 is 0. The number of hydrogen-bond donors (Lipinski definition) is 1. The summed E-state index contributed by atoms with van der Waals surface area (Å²) in [6, 6.07) is 7.61. The highest BCUT2D eigenvalue weighted by molar-refractivity contribution is 5.93. The molecule has 4 rings (SSSR count). The van der Waals surface area contributed by atoms with Gasteiger partial charge in [-0.25, -0.2) is 9.97 Å². The van der Waals surface area contributed by atoms with Crippen molar-refractivity contribution in [3.8, 4) is 6.07 Å². The molecule has 1 fully saturated rings. The van der Waals surface area contributed by atoms with E-state index in [0.29, 0.717) is 5.56 Å². The lowest BCUT2D eigenvalue weighted by Crippen LogP contribution is -2.44. The molecule has 7 nitrogen and oxygen atoms in total. The number of nitriles is 1. The molecule has 3 heterocycles. The van der Waals surface area contributed by atoms with Crippen LogP contribution in [0.15, 0.2) is 24.5 Å². The fourth-order valence-corrected chi connectivity index (χ4v) is 2.68. The molecule has 1 aliphatic heterocycles. The number of aromatic nitrogens is 4. The molecule has 1 aliphatic rings. The smallest absolute Gasteiger partial charge is 0.229 e. The van der Waals surface area contributed by atoms with E-state index in [1.54, 1.807) is 10.6 Å². The number of piperazine rings is 1. The number of rotatable bonds is 1. The third-order valence-corrected chi connectivity index (χ3v) is 3.72. The van der Waals surface area contributed by atoms with Crippen LogP contribution >= 0.6 is 0 Å². The number of nitrogens with one attached hydrogen (secondary N) is 1. The van der Waals surface area contributed by atoms with Gasteiger partial charge >= 0.3 is 0 Å².